The number of carbonyl (C=O) groups is 1. The number of aromatic amines is 1. The monoisotopic (exact) mass is 480 g/mol. The van der Waals surface area contributed by atoms with Crippen molar-refractivity contribution in [2.45, 2.75) is 32.3 Å². The van der Waals surface area contributed by atoms with Crippen LogP contribution in [0.1, 0.15) is 20.1 Å². The molecule has 5 atom stereocenters. The summed E-state index contributed by atoms with van der Waals surface area (Å²) in [6.07, 6.45) is -1.76. The highest BCUT2D eigenvalue weighted by atomic mass is 32.2. The molecule has 1 unspecified atom stereocenters. The SMILES string of the molecule is CC(C)(CO)C(=O)SCCOP1(=O)OC[C@H]2[C@@H](O)[C@H](n3ccc(=O)[nH]c3=O)O[C@@H]2CO1. The first-order valence-corrected chi connectivity index (χ1v) is 12.0. The summed E-state index contributed by atoms with van der Waals surface area (Å²) < 4.78 is 35.3. The summed E-state index contributed by atoms with van der Waals surface area (Å²) in [6, 6.07) is 1.13. The number of thioether (sulfide) groups is 1. The maximum Gasteiger partial charge on any atom is 0.474 e. The molecule has 174 valence electrons. The molecule has 31 heavy (non-hydrogen) atoms. The quantitative estimate of drug-likeness (QED) is 0.351. The van der Waals surface area contributed by atoms with Crippen LogP contribution in [0, 0.1) is 11.3 Å². The van der Waals surface area contributed by atoms with E-state index in [1.807, 2.05) is 0 Å². The largest absolute Gasteiger partial charge is 0.474 e. The fourth-order valence-corrected chi connectivity index (χ4v) is 5.17. The first-order chi connectivity index (χ1) is 14.6. The van der Waals surface area contributed by atoms with Crippen LogP contribution in [0.4, 0.5) is 0 Å². The summed E-state index contributed by atoms with van der Waals surface area (Å²) in [4.78, 5) is 37.3. The van der Waals surface area contributed by atoms with Crippen molar-refractivity contribution < 1.29 is 37.9 Å². The molecule has 0 amide bonds. The second kappa shape index (κ2) is 9.67. The van der Waals surface area contributed by atoms with Gasteiger partial charge in [0.05, 0.1) is 37.9 Å². The third-order valence-corrected chi connectivity index (χ3v) is 7.60. The zero-order valence-electron chi connectivity index (χ0n) is 17.0. The molecule has 2 aliphatic rings. The number of nitrogens with one attached hydrogen (secondary N) is 1. The van der Waals surface area contributed by atoms with Gasteiger partial charge in [0.15, 0.2) is 11.3 Å². The Morgan fingerprint density at radius 3 is 2.77 bits per heavy atom. The number of rotatable bonds is 7. The van der Waals surface area contributed by atoms with E-state index in [9.17, 15) is 29.2 Å². The standard InChI is InChI=1S/C17H25N2O10PS/c1-17(2,9-20)15(23)31-6-5-26-30(25)27-7-10-11(8-28-30)29-14(13(10)22)19-4-3-12(21)18-16(19)24/h3-4,10-11,13-14,20,22H,5-9H2,1-2H3,(H,18,21,24)/t10-,11-,13-,14-,30?/m1/s1. The third kappa shape index (κ3) is 5.55. The van der Waals surface area contributed by atoms with Crippen LogP contribution in [-0.2, 0) is 27.7 Å². The van der Waals surface area contributed by atoms with E-state index in [1.165, 1.54) is 6.20 Å². The van der Waals surface area contributed by atoms with E-state index in [4.69, 9.17) is 18.3 Å². The van der Waals surface area contributed by atoms with Gasteiger partial charge in [-0.05, 0) is 13.8 Å². The predicted molar refractivity (Wildman–Crippen MR) is 109 cm³/mol. The zero-order chi connectivity index (χ0) is 22.8. The van der Waals surface area contributed by atoms with Gasteiger partial charge >= 0.3 is 13.5 Å². The van der Waals surface area contributed by atoms with Crippen molar-refractivity contribution in [2.75, 3.05) is 32.2 Å². The van der Waals surface area contributed by atoms with Gasteiger partial charge in [-0.2, -0.15) is 0 Å². The molecule has 2 aliphatic heterocycles. The molecule has 0 spiro atoms. The number of fused-ring (bicyclic) bond motifs is 1. The third-order valence-electron chi connectivity index (χ3n) is 4.98. The molecule has 0 aliphatic carbocycles. The van der Waals surface area contributed by atoms with Crippen molar-refractivity contribution in [1.29, 1.82) is 0 Å². The fourth-order valence-electron chi connectivity index (χ4n) is 3.02. The molecule has 3 N–H and O–H groups in total. The van der Waals surface area contributed by atoms with Gasteiger partial charge in [0.2, 0.25) is 0 Å². The lowest BCUT2D eigenvalue weighted by atomic mass is 9.97. The van der Waals surface area contributed by atoms with Gasteiger partial charge in [0.25, 0.3) is 5.56 Å². The summed E-state index contributed by atoms with van der Waals surface area (Å²) in [5.74, 6) is -0.466. The fraction of sp³-hybridized carbons (Fsp3) is 0.706. The Morgan fingerprint density at radius 1 is 1.39 bits per heavy atom. The van der Waals surface area contributed by atoms with E-state index in [0.717, 1.165) is 22.4 Å². The summed E-state index contributed by atoms with van der Waals surface area (Å²) in [6.45, 7) is 2.42. The number of aromatic nitrogens is 2. The van der Waals surface area contributed by atoms with Crippen LogP contribution in [-0.4, -0.2) is 69.3 Å². The number of phosphoric ester groups is 1. The Morgan fingerprint density at radius 2 is 2.10 bits per heavy atom. The van der Waals surface area contributed by atoms with Gasteiger partial charge in [-0.15, -0.1) is 0 Å². The Bertz CT molecular complexity index is 963. The number of H-pyrrole nitrogens is 1. The maximum atomic E-state index is 12.7. The average Bonchev–Trinajstić information content (AvgIpc) is 2.93. The highest BCUT2D eigenvalue weighted by Gasteiger charge is 2.49. The lowest BCUT2D eigenvalue weighted by Crippen LogP contribution is -2.36. The molecule has 0 aromatic carbocycles. The normalized spacial score (nSPS) is 31.2. The number of aliphatic hydroxyl groups is 2. The van der Waals surface area contributed by atoms with Crippen molar-refractivity contribution in [2.24, 2.45) is 11.3 Å². The first-order valence-electron chi connectivity index (χ1n) is 9.53. The lowest BCUT2D eigenvalue weighted by Gasteiger charge is -2.21. The molecule has 3 rings (SSSR count). The van der Waals surface area contributed by atoms with Crippen LogP contribution in [0.3, 0.4) is 0 Å². The Kier molecular flexibility index (Phi) is 7.59. The molecule has 0 bridgehead atoms. The van der Waals surface area contributed by atoms with Crippen LogP contribution in [0.25, 0.3) is 0 Å². The summed E-state index contributed by atoms with van der Waals surface area (Å²) in [7, 11) is -3.93. The highest BCUT2D eigenvalue weighted by molar-refractivity contribution is 8.13. The van der Waals surface area contributed by atoms with Gasteiger partial charge in [-0.3, -0.25) is 32.7 Å². The number of nitrogens with zero attached hydrogens (tertiary/aromatic N) is 1. The molecule has 14 heteroatoms. The summed E-state index contributed by atoms with van der Waals surface area (Å²) in [5.41, 5.74) is -2.20. The molecule has 3 heterocycles. The van der Waals surface area contributed by atoms with Gasteiger partial charge in [0.1, 0.15) is 6.10 Å². The minimum atomic E-state index is -3.93. The average molecular weight is 480 g/mol. The molecular formula is C17H25N2O10PS. The number of hydrogen-bond acceptors (Lipinski definition) is 11. The van der Waals surface area contributed by atoms with Crippen molar-refractivity contribution in [3.8, 4) is 0 Å². The van der Waals surface area contributed by atoms with E-state index < -0.39 is 48.8 Å². The summed E-state index contributed by atoms with van der Waals surface area (Å²) >= 11 is 0.939. The van der Waals surface area contributed by atoms with Crippen molar-refractivity contribution in [3.05, 3.63) is 33.1 Å². The van der Waals surface area contributed by atoms with Crippen molar-refractivity contribution in [3.63, 3.8) is 0 Å². The summed E-state index contributed by atoms with van der Waals surface area (Å²) in [5, 5.41) is 19.6. The number of phosphoric acid groups is 1. The van der Waals surface area contributed by atoms with Crippen molar-refractivity contribution >= 4 is 24.7 Å². The second-order valence-corrected chi connectivity index (χ2v) is 10.5. The van der Waals surface area contributed by atoms with Gasteiger partial charge in [-0.25, -0.2) is 9.36 Å². The molecular weight excluding hydrogens is 455 g/mol. The maximum absolute atomic E-state index is 12.7. The minimum absolute atomic E-state index is 0.0939. The number of hydrogen-bond donors (Lipinski definition) is 3. The molecule has 12 nitrogen and oxygen atoms in total. The van der Waals surface area contributed by atoms with Gasteiger partial charge in [0, 0.05) is 23.9 Å². The molecule has 1 aromatic rings. The first kappa shape index (κ1) is 24.3. The molecule has 0 radical (unpaired) electrons. The second-order valence-electron chi connectivity index (χ2n) is 7.79. The topological polar surface area (TPSA) is 166 Å². The smallest absolute Gasteiger partial charge is 0.395 e. The van der Waals surface area contributed by atoms with Crippen LogP contribution in [0.5, 0.6) is 0 Å². The van der Waals surface area contributed by atoms with E-state index in [-0.39, 0.29) is 37.3 Å². The van der Waals surface area contributed by atoms with E-state index in [2.05, 4.69) is 4.98 Å². The van der Waals surface area contributed by atoms with E-state index >= 15 is 0 Å². The molecule has 0 saturated carbocycles. The molecule has 2 fully saturated rings. The van der Waals surface area contributed by atoms with Crippen LogP contribution >= 0.6 is 19.6 Å². The molecule has 2 saturated heterocycles. The predicted octanol–water partition coefficient (Wildman–Crippen LogP) is -0.139. The zero-order valence-corrected chi connectivity index (χ0v) is 18.7. The minimum Gasteiger partial charge on any atom is -0.395 e. The van der Waals surface area contributed by atoms with Crippen LogP contribution < -0.4 is 11.2 Å². The number of aliphatic hydroxyl groups excluding tert-OH is 2. The Balaban J connectivity index is 1.55. The van der Waals surface area contributed by atoms with Gasteiger partial charge in [-0.1, -0.05) is 11.8 Å². The lowest BCUT2D eigenvalue weighted by molar-refractivity contribution is -0.119. The van der Waals surface area contributed by atoms with E-state index in [1.54, 1.807) is 13.8 Å². The van der Waals surface area contributed by atoms with Crippen LogP contribution in [0.15, 0.2) is 21.9 Å². The van der Waals surface area contributed by atoms with E-state index in [0.29, 0.717) is 0 Å². The highest BCUT2D eigenvalue weighted by Crippen LogP contribution is 2.53. The molecule has 1 aromatic heterocycles. The Labute approximate surface area is 181 Å². The number of ether oxygens (including phenoxy) is 1. The van der Waals surface area contributed by atoms with Gasteiger partial charge < -0.3 is 14.9 Å². The Hall–Kier alpha value is -1.31. The van der Waals surface area contributed by atoms with Crippen molar-refractivity contribution in [1.82, 2.24) is 9.55 Å². The van der Waals surface area contributed by atoms with Crippen LogP contribution in [0.2, 0.25) is 0 Å². The number of carbonyl (C=O) groups excluding carboxylic acids is 1.